The topological polar surface area (TPSA) is 15.7 Å². The lowest BCUT2D eigenvalue weighted by atomic mass is 9.97. The van der Waals surface area contributed by atoms with Crippen LogP contribution in [0, 0.1) is 5.92 Å². The number of benzene rings is 1. The molecule has 0 radical (unpaired) electrons. The molecule has 2 atom stereocenters. The van der Waals surface area contributed by atoms with Crippen molar-refractivity contribution in [2.24, 2.45) is 5.92 Å². The van der Waals surface area contributed by atoms with Gasteiger partial charge in [-0.25, -0.2) is 0 Å². The molecule has 2 fully saturated rings. The summed E-state index contributed by atoms with van der Waals surface area (Å²) in [6, 6.07) is 4.83. The Morgan fingerprint density at radius 2 is 2.00 bits per heavy atom. The number of allylic oxidation sites excluding steroid dienone is 1. The third-order valence-corrected chi connectivity index (χ3v) is 6.53. The van der Waals surface area contributed by atoms with Gasteiger partial charge in [-0.3, -0.25) is 4.90 Å². The first-order chi connectivity index (χ1) is 14.3. The molecule has 3 aliphatic rings. The van der Waals surface area contributed by atoms with Gasteiger partial charge in [0.15, 0.2) is 0 Å². The summed E-state index contributed by atoms with van der Waals surface area (Å²) >= 11 is 0. The van der Waals surface area contributed by atoms with Gasteiger partial charge in [-0.05, 0) is 75.4 Å². The minimum absolute atomic E-state index is 0.455. The lowest BCUT2D eigenvalue weighted by Crippen LogP contribution is -2.46. The summed E-state index contributed by atoms with van der Waals surface area (Å²) in [6.45, 7) is 7.36. The quantitative estimate of drug-likeness (QED) is 0.598. The SMILES string of the molecule is CC=CN1CCC(N2CC=C(c3cc(C(F)(F)F)ccc3OCC3CC3)C2)CC1C. The van der Waals surface area contributed by atoms with Crippen LogP contribution in [0.25, 0.3) is 5.57 Å². The van der Waals surface area contributed by atoms with Gasteiger partial charge in [-0.1, -0.05) is 12.2 Å². The fourth-order valence-electron chi connectivity index (χ4n) is 4.53. The zero-order chi connectivity index (χ0) is 21.3. The summed E-state index contributed by atoms with van der Waals surface area (Å²) < 4.78 is 46.0. The summed E-state index contributed by atoms with van der Waals surface area (Å²) in [7, 11) is 0. The summed E-state index contributed by atoms with van der Waals surface area (Å²) in [5.41, 5.74) is 0.951. The zero-order valence-corrected chi connectivity index (χ0v) is 17.8. The second-order valence-corrected chi connectivity index (χ2v) is 8.87. The van der Waals surface area contributed by atoms with Gasteiger partial charge in [-0.15, -0.1) is 0 Å². The first-order valence-corrected chi connectivity index (χ1v) is 11.0. The van der Waals surface area contributed by atoms with Gasteiger partial charge in [0, 0.05) is 37.3 Å². The third kappa shape index (κ3) is 4.85. The molecule has 0 aromatic heterocycles. The van der Waals surface area contributed by atoms with Crippen molar-refractivity contribution >= 4 is 5.57 Å². The van der Waals surface area contributed by atoms with E-state index in [9.17, 15) is 13.2 Å². The standard InChI is InChI=1S/C24H31F3N2O/c1-3-10-28-12-9-21(13-17(28)2)29-11-8-19(15-29)22-14-20(24(25,26)27)6-7-23(22)30-16-18-4-5-18/h3,6-8,10,14,17-18,21H,4-5,9,11-13,15-16H2,1-2H3. The number of alkyl halides is 3. The van der Waals surface area contributed by atoms with Crippen LogP contribution in [-0.2, 0) is 6.18 Å². The van der Waals surface area contributed by atoms with Crippen molar-refractivity contribution in [1.82, 2.24) is 9.80 Å². The maximum Gasteiger partial charge on any atom is 0.416 e. The maximum atomic E-state index is 13.3. The van der Waals surface area contributed by atoms with Crippen molar-refractivity contribution in [3.05, 3.63) is 47.7 Å². The van der Waals surface area contributed by atoms with Crippen LogP contribution in [0.15, 0.2) is 36.6 Å². The van der Waals surface area contributed by atoms with E-state index in [0.717, 1.165) is 50.4 Å². The van der Waals surface area contributed by atoms with Crippen LogP contribution in [0.1, 0.15) is 50.7 Å². The number of nitrogens with zero attached hydrogens (tertiary/aromatic N) is 2. The molecule has 1 aromatic rings. The van der Waals surface area contributed by atoms with Gasteiger partial charge in [0.1, 0.15) is 5.75 Å². The predicted molar refractivity (Wildman–Crippen MR) is 113 cm³/mol. The van der Waals surface area contributed by atoms with Crippen LogP contribution in [0.5, 0.6) is 5.75 Å². The van der Waals surface area contributed by atoms with Crippen LogP contribution in [0.4, 0.5) is 13.2 Å². The molecule has 2 aliphatic heterocycles. The zero-order valence-electron chi connectivity index (χ0n) is 17.8. The molecule has 30 heavy (non-hydrogen) atoms. The van der Waals surface area contributed by atoms with E-state index in [4.69, 9.17) is 4.74 Å². The molecular weight excluding hydrogens is 389 g/mol. The lowest BCUT2D eigenvalue weighted by molar-refractivity contribution is -0.137. The Morgan fingerprint density at radius 1 is 1.20 bits per heavy atom. The van der Waals surface area contributed by atoms with Gasteiger partial charge < -0.3 is 9.64 Å². The molecule has 6 heteroatoms. The molecule has 1 saturated carbocycles. The van der Waals surface area contributed by atoms with Crippen LogP contribution < -0.4 is 4.74 Å². The molecule has 0 N–H and O–H groups in total. The van der Waals surface area contributed by atoms with Crippen molar-refractivity contribution < 1.29 is 17.9 Å². The molecule has 164 valence electrons. The van der Waals surface area contributed by atoms with Crippen LogP contribution in [0.3, 0.4) is 0 Å². The Bertz CT molecular complexity index is 813. The van der Waals surface area contributed by atoms with Gasteiger partial charge in [0.2, 0.25) is 0 Å². The van der Waals surface area contributed by atoms with Crippen LogP contribution in [0.2, 0.25) is 0 Å². The van der Waals surface area contributed by atoms with Gasteiger partial charge in [-0.2, -0.15) is 13.2 Å². The Kier molecular flexibility index (Phi) is 6.14. The minimum atomic E-state index is -4.35. The van der Waals surface area contributed by atoms with E-state index in [1.54, 1.807) is 0 Å². The number of hydrogen-bond donors (Lipinski definition) is 0. The highest BCUT2D eigenvalue weighted by molar-refractivity contribution is 5.74. The second kappa shape index (κ2) is 8.66. The Labute approximate surface area is 177 Å². The van der Waals surface area contributed by atoms with E-state index >= 15 is 0 Å². The molecule has 0 bridgehead atoms. The van der Waals surface area contributed by atoms with Gasteiger partial charge >= 0.3 is 6.18 Å². The van der Waals surface area contributed by atoms with Crippen molar-refractivity contribution in [3.8, 4) is 5.75 Å². The number of piperidine rings is 1. The smallest absolute Gasteiger partial charge is 0.416 e. The molecular formula is C24H31F3N2O. The summed E-state index contributed by atoms with van der Waals surface area (Å²) in [6.07, 6.45) is 6.40. The first kappa shape index (κ1) is 21.3. The maximum absolute atomic E-state index is 13.3. The summed E-state index contributed by atoms with van der Waals surface area (Å²) in [5, 5.41) is 0. The molecule has 1 aromatic carbocycles. The van der Waals surface area contributed by atoms with E-state index in [0.29, 0.717) is 42.5 Å². The monoisotopic (exact) mass is 420 g/mol. The summed E-state index contributed by atoms with van der Waals surface area (Å²) in [5.74, 6) is 1.14. The van der Waals surface area contributed by atoms with E-state index in [-0.39, 0.29) is 0 Å². The fraction of sp³-hybridized carbons (Fsp3) is 0.583. The molecule has 3 nitrogen and oxygen atoms in total. The Balaban J connectivity index is 1.48. The number of rotatable bonds is 6. The van der Waals surface area contributed by atoms with Crippen molar-refractivity contribution in [1.29, 1.82) is 0 Å². The molecule has 4 rings (SSSR count). The summed E-state index contributed by atoms with van der Waals surface area (Å²) in [4.78, 5) is 4.78. The van der Waals surface area contributed by atoms with Crippen molar-refractivity contribution in [3.63, 3.8) is 0 Å². The molecule has 1 aliphatic carbocycles. The van der Waals surface area contributed by atoms with Crippen molar-refractivity contribution in [2.45, 2.75) is 57.8 Å². The third-order valence-electron chi connectivity index (χ3n) is 6.53. The largest absolute Gasteiger partial charge is 0.493 e. The number of hydrogen-bond acceptors (Lipinski definition) is 3. The average Bonchev–Trinajstić information content (AvgIpc) is 3.41. The Hall–Kier alpha value is -1.95. The minimum Gasteiger partial charge on any atom is -0.493 e. The Morgan fingerprint density at radius 3 is 2.67 bits per heavy atom. The molecule has 0 amide bonds. The van der Waals surface area contributed by atoms with Crippen molar-refractivity contribution in [2.75, 3.05) is 26.2 Å². The van der Waals surface area contributed by atoms with Gasteiger partial charge in [0.05, 0.1) is 12.2 Å². The normalized spacial score (nSPS) is 25.8. The second-order valence-electron chi connectivity index (χ2n) is 8.87. The predicted octanol–water partition coefficient (Wildman–Crippen LogP) is 5.58. The van der Waals surface area contributed by atoms with Gasteiger partial charge in [0.25, 0.3) is 0 Å². The number of likely N-dealkylation sites (tertiary alicyclic amines) is 1. The molecule has 1 saturated heterocycles. The number of ether oxygens (including phenoxy) is 1. The van der Waals surface area contributed by atoms with Crippen LogP contribution in [-0.4, -0.2) is 48.1 Å². The molecule has 2 unspecified atom stereocenters. The molecule has 2 heterocycles. The highest BCUT2D eigenvalue weighted by atomic mass is 19.4. The molecule has 0 spiro atoms. The lowest BCUT2D eigenvalue weighted by Gasteiger charge is -2.41. The van der Waals surface area contributed by atoms with E-state index in [2.05, 4.69) is 35.1 Å². The number of halogens is 3. The van der Waals surface area contributed by atoms with E-state index < -0.39 is 11.7 Å². The average molecular weight is 421 g/mol. The van der Waals surface area contributed by atoms with E-state index in [1.807, 2.05) is 6.92 Å². The first-order valence-electron chi connectivity index (χ1n) is 11.0. The fourth-order valence-corrected chi connectivity index (χ4v) is 4.53. The highest BCUT2D eigenvalue weighted by Crippen LogP contribution is 2.38. The van der Waals surface area contributed by atoms with Crippen LogP contribution >= 0.6 is 0 Å². The highest BCUT2D eigenvalue weighted by Gasteiger charge is 2.34. The van der Waals surface area contributed by atoms with E-state index in [1.165, 1.54) is 12.1 Å².